The maximum Gasteiger partial charge on any atom is 0.357 e. The summed E-state index contributed by atoms with van der Waals surface area (Å²) in [6, 6.07) is 0. The summed E-state index contributed by atoms with van der Waals surface area (Å²) in [6.45, 7) is 4.55. The summed E-state index contributed by atoms with van der Waals surface area (Å²) in [4.78, 5) is 1.72. The van der Waals surface area contributed by atoms with Crippen LogP contribution in [0.3, 0.4) is 0 Å². The van der Waals surface area contributed by atoms with E-state index in [-0.39, 0.29) is 19.8 Å². The van der Waals surface area contributed by atoms with Gasteiger partial charge in [0.15, 0.2) is 0 Å². The lowest BCUT2D eigenvalue weighted by atomic mass is 10.4. The molecule has 0 fully saturated rings. The molecule has 7 heteroatoms. The van der Waals surface area contributed by atoms with Crippen LogP contribution in [0.1, 0.15) is 0 Å². The van der Waals surface area contributed by atoms with Crippen LogP contribution in [0.25, 0.3) is 0 Å². The van der Waals surface area contributed by atoms with Gasteiger partial charge in [0.05, 0.1) is 13.2 Å². The van der Waals surface area contributed by atoms with E-state index >= 15 is 0 Å². The van der Waals surface area contributed by atoms with Crippen LogP contribution >= 0.6 is 7.60 Å². The Hall–Kier alpha value is -0.230. The minimum absolute atomic E-state index is 0.0441. The lowest BCUT2D eigenvalue weighted by molar-refractivity contribution is 0.169. The minimum atomic E-state index is -3.27. The first-order valence-electron chi connectivity index (χ1n) is 4.88. The molecule has 0 atom stereocenters. The molecule has 2 N–H and O–H groups in total. The summed E-state index contributed by atoms with van der Waals surface area (Å²) in [5, 5.41) is 17.9. The molecule has 0 radical (unpaired) electrons. The number of rotatable bonds is 9. The van der Waals surface area contributed by atoms with Crippen molar-refractivity contribution < 1.29 is 23.8 Å². The average Bonchev–Trinajstić information content (AvgIpc) is 2.28. The number of aliphatic hydroxyl groups excluding tert-OH is 2. The highest BCUT2D eigenvalue weighted by molar-refractivity contribution is 7.58. The molecule has 0 rings (SSSR count). The predicted molar refractivity (Wildman–Crippen MR) is 61.4 cm³/mol. The normalized spacial score (nSPS) is 12.1. The minimum Gasteiger partial charge on any atom is -0.395 e. The second-order valence-corrected chi connectivity index (χ2v) is 5.51. The largest absolute Gasteiger partial charge is 0.395 e. The van der Waals surface area contributed by atoms with Gasteiger partial charge in [-0.05, 0) is 0 Å². The highest BCUT2D eigenvalue weighted by atomic mass is 31.2. The number of nitrogens with zero attached hydrogens (tertiary/aromatic N) is 1. The van der Waals surface area contributed by atoms with Gasteiger partial charge in [-0.25, -0.2) is 0 Å². The molecule has 0 spiro atoms. The molecular weight excluding hydrogens is 233 g/mol. The molecule has 0 aromatic carbocycles. The molecule has 16 heavy (non-hydrogen) atoms. The molecule has 6 nitrogen and oxygen atoms in total. The summed E-state index contributed by atoms with van der Waals surface area (Å²) in [5.74, 6) is 0. The Morgan fingerprint density at radius 2 is 1.69 bits per heavy atom. The Bertz CT molecular complexity index is 244. The quantitative estimate of drug-likeness (QED) is 0.574. The van der Waals surface area contributed by atoms with Gasteiger partial charge < -0.3 is 19.3 Å². The Labute approximate surface area is 96.0 Å². The van der Waals surface area contributed by atoms with Crippen LogP contribution in [0.2, 0.25) is 0 Å². The first kappa shape index (κ1) is 15.8. The molecule has 0 aliphatic heterocycles. The predicted octanol–water partition coefficient (Wildman–Crippen LogP) is 0.273. The third-order valence-electron chi connectivity index (χ3n) is 2.11. The van der Waals surface area contributed by atoms with Crippen molar-refractivity contribution in [1.29, 1.82) is 0 Å². The van der Waals surface area contributed by atoms with Gasteiger partial charge in [0.1, 0.15) is 0 Å². The van der Waals surface area contributed by atoms with Crippen LogP contribution in [0.15, 0.2) is 11.9 Å². The van der Waals surface area contributed by atoms with E-state index in [1.54, 1.807) is 4.90 Å². The Morgan fingerprint density at radius 3 is 2.00 bits per heavy atom. The molecule has 96 valence electrons. The lowest BCUT2D eigenvalue weighted by Gasteiger charge is -2.24. The molecule has 0 saturated heterocycles. The van der Waals surface area contributed by atoms with Crippen LogP contribution in [-0.2, 0) is 13.6 Å². The van der Waals surface area contributed by atoms with E-state index in [1.165, 1.54) is 14.2 Å². The van der Waals surface area contributed by atoms with Gasteiger partial charge in [0, 0.05) is 39.2 Å². The van der Waals surface area contributed by atoms with Crippen molar-refractivity contribution in [3.63, 3.8) is 0 Å². The molecule has 0 unspecified atom stereocenters. The van der Waals surface area contributed by atoms with Crippen molar-refractivity contribution in [3.8, 4) is 0 Å². The fraction of sp³-hybridized carbons (Fsp3) is 0.778. The molecule has 0 aromatic heterocycles. The fourth-order valence-corrected chi connectivity index (χ4v) is 2.27. The van der Waals surface area contributed by atoms with Crippen molar-refractivity contribution in [2.75, 3.05) is 47.1 Å². The van der Waals surface area contributed by atoms with Gasteiger partial charge in [0.25, 0.3) is 0 Å². The smallest absolute Gasteiger partial charge is 0.357 e. The Morgan fingerprint density at radius 1 is 1.25 bits per heavy atom. The van der Waals surface area contributed by atoms with E-state index in [0.717, 1.165) is 0 Å². The highest BCUT2D eigenvalue weighted by Crippen LogP contribution is 2.53. The van der Waals surface area contributed by atoms with E-state index in [2.05, 4.69) is 6.58 Å². The zero-order valence-corrected chi connectivity index (χ0v) is 10.7. The van der Waals surface area contributed by atoms with E-state index in [0.29, 0.717) is 18.4 Å². The van der Waals surface area contributed by atoms with Crippen molar-refractivity contribution in [1.82, 2.24) is 4.90 Å². The zero-order chi connectivity index (χ0) is 12.6. The third-order valence-corrected chi connectivity index (χ3v) is 3.98. The molecule has 0 amide bonds. The topological polar surface area (TPSA) is 79.2 Å². The standard InChI is InChI=1S/C9H20NO5P/c1-9(16(13,14-2)15-3)8-10(4-6-11)5-7-12/h11-12H,1,4-8H2,2-3H3. The van der Waals surface area contributed by atoms with Crippen LogP contribution in [0.4, 0.5) is 0 Å². The van der Waals surface area contributed by atoms with Gasteiger partial charge in [-0.3, -0.25) is 9.46 Å². The summed E-state index contributed by atoms with van der Waals surface area (Å²) in [6.07, 6.45) is 0. The summed E-state index contributed by atoms with van der Waals surface area (Å²) in [5.41, 5.74) is 0. The number of aliphatic hydroxyl groups is 2. The molecule has 0 aliphatic rings. The zero-order valence-electron chi connectivity index (χ0n) is 9.76. The van der Waals surface area contributed by atoms with Crippen molar-refractivity contribution in [2.45, 2.75) is 0 Å². The van der Waals surface area contributed by atoms with Gasteiger partial charge in [-0.2, -0.15) is 0 Å². The molecule has 0 heterocycles. The van der Waals surface area contributed by atoms with Crippen LogP contribution in [-0.4, -0.2) is 62.2 Å². The monoisotopic (exact) mass is 253 g/mol. The van der Waals surface area contributed by atoms with Gasteiger partial charge in [0.2, 0.25) is 0 Å². The fourth-order valence-electron chi connectivity index (χ4n) is 1.23. The van der Waals surface area contributed by atoms with E-state index in [1.807, 2.05) is 0 Å². The SMILES string of the molecule is C=C(CN(CCO)CCO)P(=O)(OC)OC. The average molecular weight is 253 g/mol. The third kappa shape index (κ3) is 4.74. The number of hydrogen-bond acceptors (Lipinski definition) is 6. The molecular formula is C9H20NO5P. The second-order valence-electron chi connectivity index (χ2n) is 3.15. The first-order chi connectivity index (χ1) is 7.53. The van der Waals surface area contributed by atoms with Crippen molar-refractivity contribution >= 4 is 7.60 Å². The van der Waals surface area contributed by atoms with Crippen molar-refractivity contribution in [2.24, 2.45) is 0 Å². The summed E-state index contributed by atoms with van der Waals surface area (Å²) >= 11 is 0. The number of hydrogen-bond donors (Lipinski definition) is 2. The Kier molecular flexibility index (Phi) is 7.83. The van der Waals surface area contributed by atoms with Gasteiger partial charge in [-0.1, -0.05) is 6.58 Å². The molecule has 0 bridgehead atoms. The van der Waals surface area contributed by atoms with E-state index in [9.17, 15) is 4.57 Å². The van der Waals surface area contributed by atoms with Crippen LogP contribution in [0, 0.1) is 0 Å². The van der Waals surface area contributed by atoms with E-state index in [4.69, 9.17) is 19.3 Å². The van der Waals surface area contributed by atoms with Gasteiger partial charge in [-0.15, -0.1) is 0 Å². The van der Waals surface area contributed by atoms with Gasteiger partial charge >= 0.3 is 7.60 Å². The molecule has 0 aromatic rings. The second kappa shape index (κ2) is 7.95. The van der Waals surface area contributed by atoms with Crippen LogP contribution in [0.5, 0.6) is 0 Å². The Balaban J connectivity index is 4.43. The van der Waals surface area contributed by atoms with Crippen molar-refractivity contribution in [3.05, 3.63) is 11.9 Å². The van der Waals surface area contributed by atoms with Crippen LogP contribution < -0.4 is 0 Å². The maximum absolute atomic E-state index is 11.9. The highest BCUT2D eigenvalue weighted by Gasteiger charge is 2.26. The molecule has 0 saturated carbocycles. The van der Waals surface area contributed by atoms with E-state index < -0.39 is 7.60 Å². The molecule has 0 aliphatic carbocycles. The summed E-state index contributed by atoms with van der Waals surface area (Å²) in [7, 11) is -0.694. The lowest BCUT2D eigenvalue weighted by Crippen LogP contribution is -2.31. The first-order valence-corrected chi connectivity index (χ1v) is 6.42. The summed E-state index contributed by atoms with van der Waals surface area (Å²) < 4.78 is 21.5. The maximum atomic E-state index is 11.9.